The second kappa shape index (κ2) is 6.68. The largest absolute Gasteiger partial charge is 0.490 e. The number of aliphatic hydroxyl groups is 1. The van der Waals surface area contributed by atoms with Crippen molar-refractivity contribution < 1.29 is 14.2 Å². The molecule has 3 rings (SSSR count). The molecule has 1 saturated heterocycles. The molecule has 2 heterocycles. The first kappa shape index (κ1) is 16.0. The van der Waals surface area contributed by atoms with Crippen LogP contribution in [0.25, 0.3) is 0 Å². The van der Waals surface area contributed by atoms with E-state index >= 15 is 0 Å². The summed E-state index contributed by atoms with van der Waals surface area (Å²) in [6, 6.07) is 5.99. The van der Waals surface area contributed by atoms with Crippen molar-refractivity contribution in [2.45, 2.75) is 32.0 Å². The van der Waals surface area contributed by atoms with Gasteiger partial charge in [-0.2, -0.15) is 0 Å². The van der Waals surface area contributed by atoms with Crippen molar-refractivity contribution in [2.75, 3.05) is 19.7 Å². The van der Waals surface area contributed by atoms with Gasteiger partial charge in [-0.15, -0.1) is 0 Å². The van der Waals surface area contributed by atoms with Crippen LogP contribution in [0.4, 0.5) is 4.39 Å². The van der Waals surface area contributed by atoms with Crippen molar-refractivity contribution in [3.05, 3.63) is 48.3 Å². The smallest absolute Gasteiger partial charge is 0.126 e. The minimum Gasteiger partial charge on any atom is -0.490 e. The van der Waals surface area contributed by atoms with Gasteiger partial charge in [0.25, 0.3) is 0 Å². The summed E-state index contributed by atoms with van der Waals surface area (Å²) in [5.41, 5.74) is 0.242. The Hall–Kier alpha value is -1.92. The van der Waals surface area contributed by atoms with E-state index in [2.05, 4.69) is 21.4 Å². The summed E-state index contributed by atoms with van der Waals surface area (Å²) in [5.74, 6) is 0.108. The van der Waals surface area contributed by atoms with Gasteiger partial charge < -0.3 is 14.4 Å². The first-order valence-electron chi connectivity index (χ1n) is 7.90. The van der Waals surface area contributed by atoms with Crippen molar-refractivity contribution >= 4 is 0 Å². The van der Waals surface area contributed by atoms with Crippen LogP contribution in [-0.4, -0.2) is 44.9 Å². The highest BCUT2D eigenvalue weighted by Gasteiger charge is 2.37. The molecule has 23 heavy (non-hydrogen) atoms. The Morgan fingerprint density at radius 1 is 1.43 bits per heavy atom. The van der Waals surface area contributed by atoms with E-state index in [-0.39, 0.29) is 12.4 Å². The number of hydrogen-bond donors (Lipinski definition) is 1. The first-order chi connectivity index (χ1) is 11.1. The number of rotatable bonds is 6. The van der Waals surface area contributed by atoms with E-state index in [4.69, 9.17) is 4.74 Å². The van der Waals surface area contributed by atoms with Gasteiger partial charge in [0.15, 0.2) is 0 Å². The van der Waals surface area contributed by atoms with Gasteiger partial charge in [0.2, 0.25) is 0 Å². The fraction of sp³-hybridized carbons (Fsp3) is 0.471. The Morgan fingerprint density at radius 2 is 2.30 bits per heavy atom. The maximum atomic E-state index is 13.1. The predicted molar refractivity (Wildman–Crippen MR) is 84.6 cm³/mol. The van der Waals surface area contributed by atoms with Gasteiger partial charge in [0, 0.05) is 38.4 Å². The van der Waals surface area contributed by atoms with Crippen LogP contribution < -0.4 is 4.74 Å². The standard InChI is InChI=1S/C17H22FN3O2/c1-2-21-13-19-9-15(21)10-20-7-6-17(22,11-20)12-23-16-5-3-4-14(18)8-16/h3-5,8-9,13,22H,2,6-7,10-12H2,1H3/t17-/m0/s1. The molecule has 6 heteroatoms. The number of benzene rings is 1. The van der Waals surface area contributed by atoms with E-state index in [0.29, 0.717) is 18.7 Å². The summed E-state index contributed by atoms with van der Waals surface area (Å²) >= 11 is 0. The van der Waals surface area contributed by atoms with Crippen LogP contribution in [0.5, 0.6) is 5.75 Å². The third-order valence-electron chi connectivity index (χ3n) is 4.24. The number of β-amino-alcohol motifs (C(OH)–C–C–N with tert-alkyl or cyclic N) is 1. The lowest BCUT2D eigenvalue weighted by atomic mass is 10.1. The molecule has 1 N–H and O–H groups in total. The predicted octanol–water partition coefficient (Wildman–Crippen LogP) is 2.06. The molecule has 0 saturated carbocycles. The minimum absolute atomic E-state index is 0.167. The zero-order valence-corrected chi connectivity index (χ0v) is 13.3. The molecule has 1 aliphatic heterocycles. The van der Waals surface area contributed by atoms with Crippen molar-refractivity contribution in [3.63, 3.8) is 0 Å². The molecule has 1 fully saturated rings. The van der Waals surface area contributed by atoms with Crippen molar-refractivity contribution in [1.29, 1.82) is 0 Å². The minimum atomic E-state index is -0.899. The van der Waals surface area contributed by atoms with Gasteiger partial charge in [0.05, 0.1) is 12.0 Å². The first-order valence-corrected chi connectivity index (χ1v) is 7.90. The lowest BCUT2D eigenvalue weighted by Crippen LogP contribution is -2.39. The monoisotopic (exact) mass is 319 g/mol. The highest BCUT2D eigenvalue weighted by Crippen LogP contribution is 2.24. The van der Waals surface area contributed by atoms with Crippen molar-refractivity contribution in [2.24, 2.45) is 0 Å². The van der Waals surface area contributed by atoms with E-state index in [0.717, 1.165) is 25.3 Å². The van der Waals surface area contributed by atoms with Crippen molar-refractivity contribution in [1.82, 2.24) is 14.5 Å². The van der Waals surface area contributed by atoms with E-state index < -0.39 is 5.60 Å². The average Bonchev–Trinajstić information content (AvgIpc) is 3.13. The highest BCUT2D eigenvalue weighted by atomic mass is 19.1. The molecule has 1 aromatic carbocycles. The molecule has 5 nitrogen and oxygen atoms in total. The summed E-state index contributed by atoms with van der Waals surface area (Å²) in [7, 11) is 0. The summed E-state index contributed by atoms with van der Waals surface area (Å²) in [4.78, 5) is 6.36. The van der Waals surface area contributed by atoms with Crippen LogP contribution in [-0.2, 0) is 13.1 Å². The van der Waals surface area contributed by atoms with Gasteiger partial charge in [0.1, 0.15) is 23.8 Å². The quantitative estimate of drug-likeness (QED) is 0.885. The average molecular weight is 319 g/mol. The van der Waals surface area contributed by atoms with Gasteiger partial charge in [-0.25, -0.2) is 9.37 Å². The van der Waals surface area contributed by atoms with Gasteiger partial charge in [-0.3, -0.25) is 4.90 Å². The molecular weight excluding hydrogens is 297 g/mol. The number of likely N-dealkylation sites (tertiary alicyclic amines) is 1. The van der Waals surface area contributed by atoms with Gasteiger partial charge in [-0.05, 0) is 25.5 Å². The normalized spacial score (nSPS) is 21.7. The third kappa shape index (κ3) is 3.89. The second-order valence-electron chi connectivity index (χ2n) is 6.10. The van der Waals surface area contributed by atoms with Crippen LogP contribution in [0.2, 0.25) is 0 Å². The topological polar surface area (TPSA) is 50.5 Å². The molecule has 1 atom stereocenters. The summed E-state index contributed by atoms with van der Waals surface area (Å²) in [6.07, 6.45) is 4.33. The molecule has 0 spiro atoms. The number of hydrogen-bond acceptors (Lipinski definition) is 4. The van der Waals surface area contributed by atoms with Crippen molar-refractivity contribution in [3.8, 4) is 5.75 Å². The lowest BCUT2D eigenvalue weighted by Gasteiger charge is -2.24. The van der Waals surface area contributed by atoms with Gasteiger partial charge in [-0.1, -0.05) is 6.07 Å². The number of nitrogens with zero attached hydrogens (tertiary/aromatic N) is 3. The number of aryl methyl sites for hydroxylation is 1. The Morgan fingerprint density at radius 3 is 3.09 bits per heavy atom. The molecule has 0 unspecified atom stereocenters. The number of aromatic nitrogens is 2. The molecule has 124 valence electrons. The van der Waals surface area contributed by atoms with E-state index in [1.807, 2.05) is 12.5 Å². The Balaban J connectivity index is 1.55. The van der Waals surface area contributed by atoms with Crippen LogP contribution in [0.1, 0.15) is 19.0 Å². The third-order valence-corrected chi connectivity index (χ3v) is 4.24. The molecular formula is C17H22FN3O2. The van der Waals surface area contributed by atoms with Gasteiger partial charge >= 0.3 is 0 Å². The molecule has 1 aromatic heterocycles. The van der Waals surface area contributed by atoms with Crippen LogP contribution >= 0.6 is 0 Å². The van der Waals surface area contributed by atoms with E-state index in [9.17, 15) is 9.50 Å². The second-order valence-corrected chi connectivity index (χ2v) is 6.10. The summed E-state index contributed by atoms with van der Waals surface area (Å²) in [6.45, 7) is 5.24. The van der Waals surface area contributed by atoms with Crippen LogP contribution in [0.3, 0.4) is 0 Å². The fourth-order valence-corrected chi connectivity index (χ4v) is 2.96. The zero-order valence-electron chi connectivity index (χ0n) is 13.3. The number of halogens is 1. The Bertz CT molecular complexity index is 661. The van der Waals surface area contributed by atoms with E-state index in [1.165, 1.54) is 12.1 Å². The maximum Gasteiger partial charge on any atom is 0.126 e. The van der Waals surface area contributed by atoms with Crippen LogP contribution in [0.15, 0.2) is 36.8 Å². The lowest BCUT2D eigenvalue weighted by molar-refractivity contribution is 0.00315. The molecule has 0 bridgehead atoms. The SMILES string of the molecule is CCn1cncc1CN1CC[C@@](O)(COc2cccc(F)c2)C1. The highest BCUT2D eigenvalue weighted by molar-refractivity contribution is 5.22. The molecule has 0 aliphatic carbocycles. The Labute approximate surface area is 135 Å². The maximum absolute atomic E-state index is 13.1. The Kier molecular flexibility index (Phi) is 4.63. The van der Waals surface area contributed by atoms with Crippen LogP contribution in [0, 0.1) is 5.82 Å². The molecule has 0 radical (unpaired) electrons. The fourth-order valence-electron chi connectivity index (χ4n) is 2.96. The summed E-state index contributed by atoms with van der Waals surface area (Å²) in [5, 5.41) is 10.7. The molecule has 1 aliphatic rings. The van der Waals surface area contributed by atoms with E-state index in [1.54, 1.807) is 12.1 Å². The molecule has 0 amide bonds. The number of imidazole rings is 1. The number of ether oxygens (including phenoxy) is 1. The zero-order chi connectivity index (χ0) is 16.3. The summed E-state index contributed by atoms with van der Waals surface area (Å²) < 4.78 is 20.8. The molecule has 2 aromatic rings.